The average molecular weight is 263 g/mol. The standard InChI is InChI=1S/C14H17NO4/c16-13(17)15-10-14(18,12-7-4-8-19-12)9-11-5-2-1-3-6-11/h1-7,12,15,18H,8-10H2,(H,16,17)/t12-,14-/m0/s1. The van der Waals surface area contributed by atoms with Crippen molar-refractivity contribution in [2.75, 3.05) is 13.2 Å². The van der Waals surface area contributed by atoms with E-state index in [2.05, 4.69) is 5.32 Å². The first-order valence-corrected chi connectivity index (χ1v) is 6.11. The summed E-state index contributed by atoms with van der Waals surface area (Å²) in [5.74, 6) is 0. The molecule has 0 bridgehead atoms. The van der Waals surface area contributed by atoms with Gasteiger partial charge in [-0.25, -0.2) is 4.79 Å². The second kappa shape index (κ2) is 5.86. The molecule has 0 aliphatic carbocycles. The Morgan fingerprint density at radius 2 is 2.16 bits per heavy atom. The van der Waals surface area contributed by atoms with Gasteiger partial charge in [-0.3, -0.25) is 0 Å². The molecule has 5 nitrogen and oxygen atoms in total. The fourth-order valence-electron chi connectivity index (χ4n) is 2.17. The third-order valence-electron chi connectivity index (χ3n) is 3.11. The molecule has 0 unspecified atom stereocenters. The number of nitrogens with one attached hydrogen (secondary N) is 1. The summed E-state index contributed by atoms with van der Waals surface area (Å²) in [5, 5.41) is 21.7. The first-order valence-electron chi connectivity index (χ1n) is 6.11. The van der Waals surface area contributed by atoms with E-state index >= 15 is 0 Å². The summed E-state index contributed by atoms with van der Waals surface area (Å²) < 4.78 is 5.43. The molecule has 1 aromatic carbocycles. The van der Waals surface area contributed by atoms with Crippen LogP contribution in [0.2, 0.25) is 0 Å². The molecule has 3 N–H and O–H groups in total. The first kappa shape index (κ1) is 13.6. The van der Waals surface area contributed by atoms with Crippen LogP contribution in [0.3, 0.4) is 0 Å². The summed E-state index contributed by atoms with van der Waals surface area (Å²) in [4.78, 5) is 10.6. The largest absolute Gasteiger partial charge is 0.465 e. The van der Waals surface area contributed by atoms with Gasteiger partial charge in [-0.05, 0) is 5.56 Å². The number of hydrogen-bond donors (Lipinski definition) is 3. The van der Waals surface area contributed by atoms with Gasteiger partial charge in [0.1, 0.15) is 11.7 Å². The van der Waals surface area contributed by atoms with Crippen molar-refractivity contribution < 1.29 is 19.7 Å². The van der Waals surface area contributed by atoms with Crippen LogP contribution in [-0.4, -0.2) is 41.2 Å². The molecule has 0 fully saturated rings. The summed E-state index contributed by atoms with van der Waals surface area (Å²) >= 11 is 0. The van der Waals surface area contributed by atoms with Gasteiger partial charge in [-0.15, -0.1) is 0 Å². The topological polar surface area (TPSA) is 78.8 Å². The Balaban J connectivity index is 2.13. The Labute approximate surface area is 111 Å². The summed E-state index contributed by atoms with van der Waals surface area (Å²) in [5.41, 5.74) is -0.353. The molecule has 0 spiro atoms. The van der Waals surface area contributed by atoms with Gasteiger partial charge < -0.3 is 20.3 Å². The molecule has 1 aromatic rings. The number of aliphatic hydroxyl groups is 1. The normalized spacial score (nSPS) is 21.0. The fourth-order valence-corrected chi connectivity index (χ4v) is 2.17. The Bertz CT molecular complexity index is 460. The van der Waals surface area contributed by atoms with Gasteiger partial charge in [-0.2, -0.15) is 0 Å². The molecule has 0 saturated heterocycles. The maximum atomic E-state index is 10.7. The van der Waals surface area contributed by atoms with Crippen molar-refractivity contribution in [2.45, 2.75) is 18.1 Å². The Morgan fingerprint density at radius 1 is 1.42 bits per heavy atom. The molecule has 2 atom stereocenters. The molecule has 1 aliphatic heterocycles. The van der Waals surface area contributed by atoms with Crippen LogP contribution >= 0.6 is 0 Å². The lowest BCUT2D eigenvalue weighted by molar-refractivity contribution is -0.0686. The van der Waals surface area contributed by atoms with Crippen molar-refractivity contribution in [1.29, 1.82) is 0 Å². The third-order valence-corrected chi connectivity index (χ3v) is 3.11. The molecule has 5 heteroatoms. The van der Waals surface area contributed by atoms with E-state index in [0.29, 0.717) is 13.0 Å². The molecule has 0 aromatic heterocycles. The smallest absolute Gasteiger partial charge is 0.404 e. The number of carboxylic acid groups (broad SMARTS) is 1. The summed E-state index contributed by atoms with van der Waals surface area (Å²) in [6.45, 7) is 0.362. The summed E-state index contributed by atoms with van der Waals surface area (Å²) in [6.07, 6.45) is 2.25. The maximum Gasteiger partial charge on any atom is 0.404 e. The van der Waals surface area contributed by atoms with E-state index in [4.69, 9.17) is 9.84 Å². The highest BCUT2D eigenvalue weighted by Crippen LogP contribution is 2.23. The van der Waals surface area contributed by atoms with E-state index in [-0.39, 0.29) is 6.54 Å². The zero-order valence-corrected chi connectivity index (χ0v) is 10.5. The zero-order chi connectivity index (χ0) is 13.7. The lowest BCUT2D eigenvalue weighted by Gasteiger charge is -2.32. The maximum absolute atomic E-state index is 10.7. The molecule has 0 radical (unpaired) electrons. The number of carbonyl (C=O) groups is 1. The van der Waals surface area contributed by atoms with Crippen LogP contribution in [0.4, 0.5) is 4.79 Å². The van der Waals surface area contributed by atoms with Crippen molar-refractivity contribution in [3.8, 4) is 0 Å². The van der Waals surface area contributed by atoms with Crippen LogP contribution < -0.4 is 5.32 Å². The minimum atomic E-state index is -1.28. The summed E-state index contributed by atoms with van der Waals surface area (Å²) in [6, 6.07) is 9.44. The quantitative estimate of drug-likeness (QED) is 0.697. The highest BCUT2D eigenvalue weighted by molar-refractivity contribution is 5.64. The van der Waals surface area contributed by atoms with Gasteiger partial charge in [0.05, 0.1) is 13.2 Å². The third kappa shape index (κ3) is 3.56. The van der Waals surface area contributed by atoms with Gasteiger partial charge >= 0.3 is 6.09 Å². The van der Waals surface area contributed by atoms with E-state index in [1.54, 1.807) is 6.08 Å². The minimum absolute atomic E-state index is 0.0771. The highest BCUT2D eigenvalue weighted by atomic mass is 16.5. The SMILES string of the molecule is O=C(O)NC[C@@](O)(Cc1ccccc1)[C@@H]1C=CCO1. The van der Waals surface area contributed by atoms with Crippen molar-refractivity contribution in [1.82, 2.24) is 5.32 Å². The minimum Gasteiger partial charge on any atom is -0.465 e. The first-order chi connectivity index (χ1) is 9.10. The van der Waals surface area contributed by atoms with Gasteiger partial charge in [0, 0.05) is 6.42 Å². The lowest BCUT2D eigenvalue weighted by atomic mass is 9.89. The monoisotopic (exact) mass is 263 g/mol. The molecular weight excluding hydrogens is 246 g/mol. The number of benzene rings is 1. The lowest BCUT2D eigenvalue weighted by Crippen LogP contribution is -2.52. The van der Waals surface area contributed by atoms with Gasteiger partial charge in [0.25, 0.3) is 0 Å². The van der Waals surface area contributed by atoms with E-state index < -0.39 is 17.8 Å². The van der Waals surface area contributed by atoms with Gasteiger partial charge in [-0.1, -0.05) is 42.5 Å². The van der Waals surface area contributed by atoms with E-state index in [0.717, 1.165) is 5.56 Å². The van der Waals surface area contributed by atoms with E-state index in [1.165, 1.54) is 0 Å². The molecule has 1 aliphatic rings. The zero-order valence-electron chi connectivity index (χ0n) is 10.5. The number of amides is 1. The highest BCUT2D eigenvalue weighted by Gasteiger charge is 2.38. The van der Waals surface area contributed by atoms with E-state index in [1.807, 2.05) is 36.4 Å². The van der Waals surface area contributed by atoms with Crippen LogP contribution in [-0.2, 0) is 11.2 Å². The molecule has 1 heterocycles. The second-order valence-electron chi connectivity index (χ2n) is 4.61. The van der Waals surface area contributed by atoms with Gasteiger partial charge in [0.15, 0.2) is 0 Å². The predicted molar refractivity (Wildman–Crippen MR) is 70.0 cm³/mol. The van der Waals surface area contributed by atoms with Crippen molar-refractivity contribution in [3.63, 3.8) is 0 Å². The van der Waals surface area contributed by atoms with Crippen molar-refractivity contribution in [2.24, 2.45) is 0 Å². The molecule has 102 valence electrons. The van der Waals surface area contributed by atoms with E-state index in [9.17, 15) is 9.90 Å². The Kier molecular flexibility index (Phi) is 4.19. The van der Waals surface area contributed by atoms with Crippen molar-refractivity contribution in [3.05, 3.63) is 48.0 Å². The molecule has 0 saturated carbocycles. The molecule has 19 heavy (non-hydrogen) atoms. The van der Waals surface area contributed by atoms with Crippen LogP contribution in [0.25, 0.3) is 0 Å². The van der Waals surface area contributed by atoms with Crippen LogP contribution in [0.5, 0.6) is 0 Å². The van der Waals surface area contributed by atoms with Crippen LogP contribution in [0.1, 0.15) is 5.56 Å². The Hall–Kier alpha value is -1.85. The summed E-state index contributed by atoms with van der Waals surface area (Å²) in [7, 11) is 0. The van der Waals surface area contributed by atoms with Gasteiger partial charge in [0.2, 0.25) is 0 Å². The average Bonchev–Trinajstić information content (AvgIpc) is 2.92. The van der Waals surface area contributed by atoms with Crippen molar-refractivity contribution >= 4 is 6.09 Å². The van der Waals surface area contributed by atoms with Crippen LogP contribution in [0.15, 0.2) is 42.5 Å². The molecule has 1 amide bonds. The number of hydrogen-bond acceptors (Lipinski definition) is 3. The Morgan fingerprint density at radius 3 is 2.74 bits per heavy atom. The van der Waals surface area contributed by atoms with Crippen LogP contribution in [0, 0.1) is 0 Å². The number of ether oxygens (including phenoxy) is 1. The predicted octanol–water partition coefficient (Wildman–Crippen LogP) is 1.18. The molecular formula is C14H17NO4. The fraction of sp³-hybridized carbons (Fsp3) is 0.357. The second-order valence-corrected chi connectivity index (χ2v) is 4.61. The number of rotatable bonds is 5. The molecule has 2 rings (SSSR count).